The van der Waals surface area contributed by atoms with Gasteiger partial charge in [0.1, 0.15) is 6.61 Å². The van der Waals surface area contributed by atoms with Crippen molar-refractivity contribution in [2.75, 3.05) is 0 Å². The first-order valence-electron chi connectivity index (χ1n) is 7.34. The van der Waals surface area contributed by atoms with E-state index in [4.69, 9.17) is 0 Å². The molecular weight excluding hydrogens is 250 g/mol. The fourth-order valence-electron chi connectivity index (χ4n) is 2.93. The van der Waals surface area contributed by atoms with Gasteiger partial charge in [-0.2, -0.15) is 0 Å². The van der Waals surface area contributed by atoms with Crippen LogP contribution < -0.4 is 0 Å². The number of hydrogen-bond donors (Lipinski definition) is 1. The van der Waals surface area contributed by atoms with Gasteiger partial charge in [-0.25, -0.2) is 0 Å². The van der Waals surface area contributed by atoms with Gasteiger partial charge < -0.3 is 9.67 Å². The van der Waals surface area contributed by atoms with Crippen LogP contribution >= 0.6 is 0 Å². The maximum Gasteiger partial charge on any atom is 0.164 e. The lowest BCUT2D eigenvalue weighted by Crippen LogP contribution is -2.10. The van der Waals surface area contributed by atoms with Crippen LogP contribution in [0.25, 0.3) is 11.4 Å². The number of rotatable bonds is 4. The lowest BCUT2D eigenvalue weighted by atomic mass is 10.1. The SMILES string of the molecule is CC(C)Cn1c(CO)nnc1-c1ccc2c(c1)CCC2. The number of fused-ring (bicyclic) bond motifs is 1. The molecule has 0 unspecified atom stereocenters. The minimum Gasteiger partial charge on any atom is -0.388 e. The minimum absolute atomic E-state index is 0.0648. The van der Waals surface area contributed by atoms with E-state index in [1.54, 1.807) is 0 Å². The van der Waals surface area contributed by atoms with E-state index in [0.717, 1.165) is 24.4 Å². The maximum absolute atomic E-state index is 9.42. The molecule has 106 valence electrons. The molecule has 0 aliphatic heterocycles. The number of nitrogens with zero attached hydrogens (tertiary/aromatic N) is 3. The van der Waals surface area contributed by atoms with Crippen molar-refractivity contribution in [3.63, 3.8) is 0 Å². The number of aromatic nitrogens is 3. The molecule has 3 rings (SSSR count). The molecule has 1 heterocycles. The van der Waals surface area contributed by atoms with Crippen LogP contribution in [-0.4, -0.2) is 19.9 Å². The first-order valence-corrected chi connectivity index (χ1v) is 7.34. The van der Waals surface area contributed by atoms with Gasteiger partial charge in [0.15, 0.2) is 11.6 Å². The number of aryl methyl sites for hydroxylation is 2. The highest BCUT2D eigenvalue weighted by Crippen LogP contribution is 2.28. The second kappa shape index (κ2) is 5.37. The molecule has 1 aromatic carbocycles. The average molecular weight is 271 g/mol. The van der Waals surface area contributed by atoms with Crippen molar-refractivity contribution >= 4 is 0 Å². The predicted octanol–water partition coefficient (Wildman–Crippen LogP) is 2.58. The molecule has 0 saturated heterocycles. The third kappa shape index (κ3) is 2.36. The van der Waals surface area contributed by atoms with Crippen molar-refractivity contribution in [3.05, 3.63) is 35.2 Å². The highest BCUT2D eigenvalue weighted by molar-refractivity contribution is 5.58. The summed E-state index contributed by atoms with van der Waals surface area (Å²) in [7, 11) is 0. The van der Waals surface area contributed by atoms with Gasteiger partial charge in [0.05, 0.1) is 0 Å². The van der Waals surface area contributed by atoms with Gasteiger partial charge in [0.25, 0.3) is 0 Å². The number of hydrogen-bond acceptors (Lipinski definition) is 3. The molecule has 20 heavy (non-hydrogen) atoms. The summed E-state index contributed by atoms with van der Waals surface area (Å²) >= 11 is 0. The highest BCUT2D eigenvalue weighted by Gasteiger charge is 2.17. The van der Waals surface area contributed by atoms with Crippen LogP contribution in [0.4, 0.5) is 0 Å². The molecule has 0 spiro atoms. The molecule has 2 aromatic rings. The lowest BCUT2D eigenvalue weighted by Gasteiger charge is -2.12. The van der Waals surface area contributed by atoms with Gasteiger partial charge in [0.2, 0.25) is 0 Å². The zero-order valence-corrected chi connectivity index (χ0v) is 12.1. The molecule has 0 atom stereocenters. The van der Waals surface area contributed by atoms with E-state index >= 15 is 0 Å². The number of aliphatic hydroxyl groups is 1. The third-order valence-corrected chi connectivity index (χ3v) is 3.87. The van der Waals surface area contributed by atoms with E-state index in [1.165, 1.54) is 24.0 Å². The molecule has 1 N–H and O–H groups in total. The quantitative estimate of drug-likeness (QED) is 0.930. The zero-order valence-electron chi connectivity index (χ0n) is 12.1. The summed E-state index contributed by atoms with van der Waals surface area (Å²) in [4.78, 5) is 0. The van der Waals surface area contributed by atoms with Gasteiger partial charge in [-0.05, 0) is 42.4 Å². The van der Waals surface area contributed by atoms with Gasteiger partial charge in [-0.1, -0.05) is 26.0 Å². The Morgan fingerprint density at radius 1 is 1.20 bits per heavy atom. The van der Waals surface area contributed by atoms with E-state index < -0.39 is 0 Å². The van der Waals surface area contributed by atoms with E-state index in [0.29, 0.717) is 11.7 Å². The summed E-state index contributed by atoms with van der Waals surface area (Å²) in [5.41, 5.74) is 4.01. The summed E-state index contributed by atoms with van der Waals surface area (Å²) < 4.78 is 2.04. The Balaban J connectivity index is 2.03. The second-order valence-electron chi connectivity index (χ2n) is 5.94. The standard InChI is InChI=1S/C16H21N3O/c1-11(2)9-19-15(10-20)17-18-16(19)14-7-6-12-4-3-5-13(12)8-14/h6-8,11,20H,3-5,9-10H2,1-2H3. The first kappa shape index (κ1) is 13.3. The Hall–Kier alpha value is -1.68. The average Bonchev–Trinajstić information content (AvgIpc) is 3.03. The van der Waals surface area contributed by atoms with Crippen molar-refractivity contribution in [3.8, 4) is 11.4 Å². The Labute approximate surface area is 119 Å². The van der Waals surface area contributed by atoms with Crippen molar-refractivity contribution in [1.29, 1.82) is 0 Å². The molecule has 0 radical (unpaired) electrons. The Morgan fingerprint density at radius 2 is 2.00 bits per heavy atom. The lowest BCUT2D eigenvalue weighted by molar-refractivity contribution is 0.262. The Morgan fingerprint density at radius 3 is 2.75 bits per heavy atom. The molecule has 1 aliphatic carbocycles. The summed E-state index contributed by atoms with van der Waals surface area (Å²) in [5.74, 6) is 2.01. The van der Waals surface area contributed by atoms with Crippen molar-refractivity contribution in [1.82, 2.24) is 14.8 Å². The fraction of sp³-hybridized carbons (Fsp3) is 0.500. The Bertz CT molecular complexity index is 616. The molecule has 4 nitrogen and oxygen atoms in total. The predicted molar refractivity (Wildman–Crippen MR) is 78.2 cm³/mol. The zero-order chi connectivity index (χ0) is 14.1. The monoisotopic (exact) mass is 271 g/mol. The van der Waals surface area contributed by atoms with Gasteiger partial charge in [-0.15, -0.1) is 10.2 Å². The fourth-order valence-corrected chi connectivity index (χ4v) is 2.93. The van der Waals surface area contributed by atoms with Crippen molar-refractivity contribution in [2.45, 2.75) is 46.3 Å². The van der Waals surface area contributed by atoms with Gasteiger partial charge >= 0.3 is 0 Å². The van der Waals surface area contributed by atoms with E-state index in [1.807, 2.05) is 4.57 Å². The number of benzene rings is 1. The van der Waals surface area contributed by atoms with Crippen LogP contribution in [-0.2, 0) is 26.0 Å². The number of aliphatic hydroxyl groups excluding tert-OH is 1. The molecule has 0 fully saturated rings. The molecule has 0 bridgehead atoms. The van der Waals surface area contributed by atoms with E-state index in [2.05, 4.69) is 42.2 Å². The van der Waals surface area contributed by atoms with Crippen LogP contribution in [0.3, 0.4) is 0 Å². The highest BCUT2D eigenvalue weighted by atomic mass is 16.3. The largest absolute Gasteiger partial charge is 0.388 e. The third-order valence-electron chi connectivity index (χ3n) is 3.87. The summed E-state index contributed by atoms with van der Waals surface area (Å²) in [6.45, 7) is 5.08. The van der Waals surface area contributed by atoms with Crippen LogP contribution in [0.15, 0.2) is 18.2 Å². The van der Waals surface area contributed by atoms with Crippen molar-refractivity contribution in [2.24, 2.45) is 5.92 Å². The van der Waals surface area contributed by atoms with Crippen LogP contribution in [0.5, 0.6) is 0 Å². The molecule has 0 saturated carbocycles. The molecule has 1 aliphatic rings. The van der Waals surface area contributed by atoms with Crippen LogP contribution in [0.2, 0.25) is 0 Å². The molecule has 4 heteroatoms. The topological polar surface area (TPSA) is 50.9 Å². The molecular formula is C16H21N3O. The van der Waals surface area contributed by atoms with E-state index in [-0.39, 0.29) is 6.61 Å². The summed E-state index contributed by atoms with van der Waals surface area (Å²) in [6, 6.07) is 6.58. The first-order chi connectivity index (χ1) is 9.69. The minimum atomic E-state index is -0.0648. The van der Waals surface area contributed by atoms with Crippen LogP contribution in [0, 0.1) is 5.92 Å². The maximum atomic E-state index is 9.42. The summed E-state index contributed by atoms with van der Waals surface area (Å²) in [6.07, 6.45) is 3.60. The van der Waals surface area contributed by atoms with E-state index in [9.17, 15) is 5.11 Å². The molecule has 0 amide bonds. The van der Waals surface area contributed by atoms with Gasteiger partial charge in [0, 0.05) is 12.1 Å². The van der Waals surface area contributed by atoms with Crippen LogP contribution in [0.1, 0.15) is 37.2 Å². The van der Waals surface area contributed by atoms with Gasteiger partial charge in [-0.3, -0.25) is 0 Å². The normalized spacial score (nSPS) is 14.0. The smallest absolute Gasteiger partial charge is 0.164 e. The second-order valence-corrected chi connectivity index (χ2v) is 5.94. The summed E-state index contributed by atoms with van der Waals surface area (Å²) in [5, 5.41) is 17.8. The Kier molecular flexibility index (Phi) is 3.57. The molecule has 1 aromatic heterocycles. The van der Waals surface area contributed by atoms with Crippen molar-refractivity contribution < 1.29 is 5.11 Å².